The highest BCUT2D eigenvalue weighted by Gasteiger charge is 2.29. The maximum atomic E-state index is 12.8. The number of rotatable bonds is 7. The van der Waals surface area contributed by atoms with Crippen LogP contribution in [-0.2, 0) is 16.6 Å². The lowest BCUT2D eigenvalue weighted by molar-refractivity contribution is 0.315. The van der Waals surface area contributed by atoms with Gasteiger partial charge < -0.3 is 5.32 Å². The summed E-state index contributed by atoms with van der Waals surface area (Å²) in [4.78, 5) is 2.37. The Labute approximate surface area is 133 Å². The van der Waals surface area contributed by atoms with Crippen molar-refractivity contribution >= 4 is 21.4 Å². The highest BCUT2D eigenvalue weighted by molar-refractivity contribution is 7.89. The molecule has 0 saturated carbocycles. The molecule has 0 amide bonds. The Hall–Kier alpha value is -0.430. The molecule has 1 atom stereocenters. The Balaban J connectivity index is 3.03. The summed E-state index contributed by atoms with van der Waals surface area (Å²) in [6.07, 6.45) is 0. The predicted octanol–water partition coefficient (Wildman–Crippen LogP) is 3.22. The summed E-state index contributed by atoms with van der Waals surface area (Å²) in [5.41, 5.74) is 0. The lowest BCUT2D eigenvalue weighted by Gasteiger charge is -2.27. The number of nitrogens with zero attached hydrogens (tertiary/aromatic N) is 1. The van der Waals surface area contributed by atoms with E-state index in [2.05, 4.69) is 19.2 Å². The summed E-state index contributed by atoms with van der Waals surface area (Å²) in [6.45, 7) is 12.8. The van der Waals surface area contributed by atoms with Crippen LogP contribution >= 0.6 is 11.3 Å². The Bertz CT molecular complexity index is 562. The number of sulfonamides is 1. The molecule has 0 radical (unpaired) electrons. The van der Waals surface area contributed by atoms with Crippen LogP contribution in [0.15, 0.2) is 11.0 Å². The molecule has 21 heavy (non-hydrogen) atoms. The number of thiophene rings is 1. The van der Waals surface area contributed by atoms with Gasteiger partial charge in [-0.3, -0.25) is 0 Å². The SMILES string of the molecule is Cc1sc(CNC(C)C)cc1S(=O)(=O)N(C)C(C)C(C)C. The molecule has 1 unspecified atom stereocenters. The minimum Gasteiger partial charge on any atom is -0.310 e. The van der Waals surface area contributed by atoms with Crippen LogP contribution in [0.1, 0.15) is 44.4 Å². The first-order chi connectivity index (χ1) is 9.57. The summed E-state index contributed by atoms with van der Waals surface area (Å²) < 4.78 is 27.0. The molecule has 6 heteroatoms. The van der Waals surface area contributed by atoms with Crippen molar-refractivity contribution in [3.63, 3.8) is 0 Å². The van der Waals surface area contributed by atoms with Crippen molar-refractivity contribution in [2.24, 2.45) is 5.92 Å². The van der Waals surface area contributed by atoms with Crippen molar-refractivity contribution in [2.75, 3.05) is 7.05 Å². The van der Waals surface area contributed by atoms with E-state index in [4.69, 9.17) is 0 Å². The van der Waals surface area contributed by atoms with Gasteiger partial charge in [-0.2, -0.15) is 4.31 Å². The summed E-state index contributed by atoms with van der Waals surface area (Å²) in [5, 5.41) is 3.33. The molecule has 4 nitrogen and oxygen atoms in total. The zero-order valence-corrected chi connectivity index (χ0v) is 15.7. The molecule has 0 aliphatic carbocycles. The molecule has 0 aliphatic rings. The topological polar surface area (TPSA) is 49.4 Å². The molecule has 1 rings (SSSR count). The smallest absolute Gasteiger partial charge is 0.244 e. The van der Waals surface area contributed by atoms with Crippen LogP contribution in [-0.4, -0.2) is 31.9 Å². The van der Waals surface area contributed by atoms with Crippen molar-refractivity contribution in [1.29, 1.82) is 0 Å². The van der Waals surface area contributed by atoms with Gasteiger partial charge in [-0.15, -0.1) is 11.3 Å². The maximum Gasteiger partial charge on any atom is 0.244 e. The van der Waals surface area contributed by atoms with Crippen molar-refractivity contribution < 1.29 is 8.42 Å². The fourth-order valence-corrected chi connectivity index (χ4v) is 5.01. The molecular formula is C15H28N2O2S2. The average molecular weight is 333 g/mol. The van der Waals surface area contributed by atoms with Crippen molar-refractivity contribution in [2.45, 2.75) is 65.1 Å². The third-order valence-electron chi connectivity index (χ3n) is 3.80. The summed E-state index contributed by atoms with van der Waals surface area (Å²) in [5.74, 6) is 0.283. The van der Waals surface area contributed by atoms with Crippen LogP contribution in [0.2, 0.25) is 0 Å². The van der Waals surface area contributed by atoms with Gasteiger partial charge in [-0.25, -0.2) is 8.42 Å². The lowest BCUT2D eigenvalue weighted by atomic mass is 10.1. The Morgan fingerprint density at radius 1 is 1.24 bits per heavy atom. The zero-order valence-electron chi connectivity index (χ0n) is 14.1. The van der Waals surface area contributed by atoms with E-state index < -0.39 is 10.0 Å². The molecule has 1 heterocycles. The van der Waals surface area contributed by atoms with Crippen molar-refractivity contribution in [3.8, 4) is 0 Å². The molecule has 122 valence electrons. The van der Waals surface area contributed by atoms with Gasteiger partial charge in [0.05, 0.1) is 4.90 Å². The minimum atomic E-state index is -3.42. The van der Waals surface area contributed by atoms with Crippen LogP contribution < -0.4 is 5.32 Å². The van der Waals surface area contributed by atoms with Crippen LogP contribution in [0.5, 0.6) is 0 Å². The second-order valence-corrected chi connectivity index (χ2v) is 9.48. The van der Waals surface area contributed by atoms with Crippen LogP contribution in [0.25, 0.3) is 0 Å². The fraction of sp³-hybridized carbons (Fsp3) is 0.733. The highest BCUT2D eigenvalue weighted by atomic mass is 32.2. The average Bonchev–Trinajstić information content (AvgIpc) is 2.76. The summed E-state index contributed by atoms with van der Waals surface area (Å²) >= 11 is 1.55. The second-order valence-electron chi connectivity index (χ2n) is 6.17. The molecule has 0 saturated heterocycles. The molecule has 0 bridgehead atoms. The van der Waals surface area contributed by atoms with E-state index in [9.17, 15) is 8.42 Å². The molecule has 1 N–H and O–H groups in total. The van der Waals surface area contributed by atoms with Gasteiger partial charge >= 0.3 is 0 Å². The summed E-state index contributed by atoms with van der Waals surface area (Å²) in [6, 6.07) is 2.18. The lowest BCUT2D eigenvalue weighted by Crippen LogP contribution is -2.38. The van der Waals surface area contributed by atoms with Crippen LogP contribution in [0.3, 0.4) is 0 Å². The molecular weight excluding hydrogens is 304 g/mol. The summed E-state index contributed by atoms with van der Waals surface area (Å²) in [7, 11) is -1.75. The Morgan fingerprint density at radius 3 is 2.29 bits per heavy atom. The van der Waals surface area contributed by atoms with Gasteiger partial charge in [0.25, 0.3) is 0 Å². The standard InChI is InChI=1S/C15H28N2O2S2/c1-10(2)12(5)17(7)21(18,19)15-8-14(20-13(15)6)9-16-11(3)4/h8,10-12,16H,9H2,1-7H3. The fourth-order valence-electron chi connectivity index (χ4n) is 1.97. The third-order valence-corrected chi connectivity index (χ3v) is 7.05. The van der Waals surface area contributed by atoms with Gasteiger partial charge in [0.15, 0.2) is 0 Å². The number of nitrogens with one attached hydrogen (secondary N) is 1. The third kappa shape index (κ3) is 4.52. The highest BCUT2D eigenvalue weighted by Crippen LogP contribution is 2.29. The predicted molar refractivity (Wildman–Crippen MR) is 90.3 cm³/mol. The quantitative estimate of drug-likeness (QED) is 0.834. The van der Waals surface area contributed by atoms with E-state index in [1.807, 2.05) is 33.8 Å². The van der Waals surface area contributed by atoms with Gasteiger partial charge in [-0.1, -0.05) is 27.7 Å². The number of aryl methyl sites for hydroxylation is 1. The molecule has 0 fully saturated rings. The largest absolute Gasteiger partial charge is 0.310 e. The van der Waals surface area contributed by atoms with Gasteiger partial charge in [0.1, 0.15) is 0 Å². The first-order valence-electron chi connectivity index (χ1n) is 7.38. The van der Waals surface area contributed by atoms with E-state index >= 15 is 0 Å². The maximum absolute atomic E-state index is 12.8. The van der Waals surface area contributed by atoms with Gasteiger partial charge in [0, 0.05) is 35.4 Å². The second kappa shape index (κ2) is 7.22. The molecule has 1 aromatic heterocycles. The first-order valence-corrected chi connectivity index (χ1v) is 9.63. The zero-order chi connectivity index (χ0) is 16.4. The van der Waals surface area contributed by atoms with Gasteiger partial charge in [0.2, 0.25) is 10.0 Å². The van der Waals surface area contributed by atoms with E-state index in [-0.39, 0.29) is 12.0 Å². The van der Waals surface area contributed by atoms with Crippen LogP contribution in [0.4, 0.5) is 0 Å². The Morgan fingerprint density at radius 2 is 1.81 bits per heavy atom. The molecule has 0 aromatic carbocycles. The van der Waals surface area contributed by atoms with Crippen molar-refractivity contribution in [1.82, 2.24) is 9.62 Å². The van der Waals surface area contributed by atoms with Crippen LogP contribution in [0, 0.1) is 12.8 Å². The van der Waals surface area contributed by atoms with E-state index in [1.54, 1.807) is 18.4 Å². The van der Waals surface area contributed by atoms with Crippen molar-refractivity contribution in [3.05, 3.63) is 15.8 Å². The van der Waals surface area contributed by atoms with E-state index in [0.29, 0.717) is 17.5 Å². The normalized spacial score (nSPS) is 14.4. The molecule has 0 spiro atoms. The van der Waals surface area contributed by atoms with E-state index in [1.165, 1.54) is 4.31 Å². The monoisotopic (exact) mass is 332 g/mol. The number of hydrogen-bond acceptors (Lipinski definition) is 4. The first kappa shape index (κ1) is 18.6. The Kier molecular flexibility index (Phi) is 6.40. The minimum absolute atomic E-state index is 0.0217. The van der Waals surface area contributed by atoms with E-state index in [0.717, 1.165) is 9.75 Å². The number of hydrogen-bond donors (Lipinski definition) is 1. The van der Waals surface area contributed by atoms with Gasteiger partial charge in [-0.05, 0) is 25.8 Å². The molecule has 0 aliphatic heterocycles. The molecule has 1 aromatic rings.